The van der Waals surface area contributed by atoms with Gasteiger partial charge in [-0.05, 0) is 53.7 Å². The zero-order valence-electron chi connectivity index (χ0n) is 8.97. The molecule has 1 aromatic rings. The predicted octanol–water partition coefficient (Wildman–Crippen LogP) is 2.84. The molecule has 2 N–H and O–H groups in total. The average Bonchev–Trinajstić information content (AvgIpc) is 2.89. The average molecular weight is 271 g/mol. The summed E-state index contributed by atoms with van der Waals surface area (Å²) >= 11 is 3.36. The van der Waals surface area contributed by atoms with Crippen LogP contribution in [0.5, 0.6) is 5.75 Å². The van der Waals surface area contributed by atoms with E-state index in [-0.39, 0.29) is 5.75 Å². The zero-order valence-corrected chi connectivity index (χ0v) is 10.6. The highest BCUT2D eigenvalue weighted by molar-refractivity contribution is 9.10. The minimum absolute atomic E-state index is 0.285. The van der Waals surface area contributed by atoms with E-state index in [9.17, 15) is 10.2 Å². The number of rotatable bonds is 2. The standard InChI is InChI=1S/C12H15BrO2/c1-7-5-8(2)10(13)11(14)9(7)6-12(15)3-4-12/h5,14-15H,3-4,6H2,1-2H3. The van der Waals surface area contributed by atoms with Crippen LogP contribution in [0, 0.1) is 13.8 Å². The van der Waals surface area contributed by atoms with E-state index in [4.69, 9.17) is 0 Å². The van der Waals surface area contributed by atoms with Crippen molar-refractivity contribution < 1.29 is 10.2 Å². The molecule has 0 radical (unpaired) electrons. The minimum atomic E-state index is -0.559. The quantitative estimate of drug-likeness (QED) is 0.868. The van der Waals surface area contributed by atoms with Crippen LogP contribution in [0.4, 0.5) is 0 Å². The lowest BCUT2D eigenvalue weighted by molar-refractivity contribution is 0.149. The van der Waals surface area contributed by atoms with Gasteiger partial charge in [-0.3, -0.25) is 0 Å². The Morgan fingerprint density at radius 3 is 2.47 bits per heavy atom. The van der Waals surface area contributed by atoms with Crippen molar-refractivity contribution in [2.24, 2.45) is 0 Å². The van der Waals surface area contributed by atoms with E-state index < -0.39 is 5.60 Å². The smallest absolute Gasteiger partial charge is 0.133 e. The molecule has 3 heteroatoms. The van der Waals surface area contributed by atoms with Crippen LogP contribution in [-0.4, -0.2) is 15.8 Å². The Hall–Kier alpha value is -0.540. The molecule has 0 aliphatic heterocycles. The molecule has 1 aromatic carbocycles. The van der Waals surface area contributed by atoms with Gasteiger partial charge in [0, 0.05) is 12.0 Å². The molecule has 1 fully saturated rings. The molecule has 15 heavy (non-hydrogen) atoms. The van der Waals surface area contributed by atoms with Crippen molar-refractivity contribution in [3.05, 3.63) is 27.2 Å². The molecule has 0 amide bonds. The van der Waals surface area contributed by atoms with Crippen LogP contribution in [-0.2, 0) is 6.42 Å². The summed E-state index contributed by atoms with van der Waals surface area (Å²) in [5.74, 6) is 0.285. The maximum Gasteiger partial charge on any atom is 0.133 e. The summed E-state index contributed by atoms with van der Waals surface area (Å²) in [5, 5.41) is 19.9. The lowest BCUT2D eigenvalue weighted by Gasteiger charge is -2.15. The Morgan fingerprint density at radius 1 is 1.33 bits per heavy atom. The van der Waals surface area contributed by atoms with E-state index in [2.05, 4.69) is 15.9 Å². The molecule has 0 saturated heterocycles. The van der Waals surface area contributed by atoms with Gasteiger partial charge < -0.3 is 10.2 Å². The first-order valence-electron chi connectivity index (χ1n) is 5.13. The summed E-state index contributed by atoms with van der Waals surface area (Å²) in [6, 6.07) is 2.03. The predicted molar refractivity (Wildman–Crippen MR) is 63.2 cm³/mol. The third-order valence-electron chi connectivity index (χ3n) is 3.08. The fourth-order valence-electron chi connectivity index (χ4n) is 1.85. The van der Waals surface area contributed by atoms with Crippen LogP contribution < -0.4 is 0 Å². The highest BCUT2D eigenvalue weighted by Gasteiger charge is 2.41. The Balaban J connectivity index is 2.41. The Kier molecular flexibility index (Phi) is 2.55. The fraction of sp³-hybridized carbons (Fsp3) is 0.500. The Labute approximate surface area is 98.1 Å². The second kappa shape index (κ2) is 3.49. The number of aromatic hydroxyl groups is 1. The number of phenolic OH excluding ortho intramolecular Hbond substituents is 1. The third kappa shape index (κ3) is 2.04. The van der Waals surface area contributed by atoms with E-state index >= 15 is 0 Å². The molecule has 0 aromatic heterocycles. The monoisotopic (exact) mass is 270 g/mol. The molecule has 1 aliphatic rings. The number of benzene rings is 1. The van der Waals surface area contributed by atoms with Crippen LogP contribution in [0.2, 0.25) is 0 Å². The first-order valence-corrected chi connectivity index (χ1v) is 5.92. The van der Waals surface area contributed by atoms with Crippen molar-refractivity contribution in [3.63, 3.8) is 0 Å². The summed E-state index contributed by atoms with van der Waals surface area (Å²) < 4.78 is 0.743. The van der Waals surface area contributed by atoms with Gasteiger partial charge in [-0.1, -0.05) is 6.07 Å². The lowest BCUT2D eigenvalue weighted by Crippen LogP contribution is -2.12. The number of aliphatic hydroxyl groups is 1. The molecule has 2 nitrogen and oxygen atoms in total. The Bertz CT molecular complexity index is 409. The van der Waals surface area contributed by atoms with Crippen LogP contribution in [0.15, 0.2) is 10.5 Å². The van der Waals surface area contributed by atoms with Crippen molar-refractivity contribution in [3.8, 4) is 5.75 Å². The highest BCUT2D eigenvalue weighted by atomic mass is 79.9. The van der Waals surface area contributed by atoms with Gasteiger partial charge in [0.1, 0.15) is 5.75 Å². The van der Waals surface area contributed by atoms with Gasteiger partial charge >= 0.3 is 0 Å². The number of phenols is 1. The molecule has 0 atom stereocenters. The molecule has 1 aliphatic carbocycles. The second-order valence-electron chi connectivity index (χ2n) is 4.55. The Morgan fingerprint density at radius 2 is 1.93 bits per heavy atom. The molecule has 0 spiro atoms. The van der Waals surface area contributed by atoms with E-state index in [1.54, 1.807) is 0 Å². The summed E-state index contributed by atoms with van der Waals surface area (Å²) in [6.45, 7) is 3.92. The molecule has 0 unspecified atom stereocenters. The molecule has 0 heterocycles. The molecule has 0 bridgehead atoms. The second-order valence-corrected chi connectivity index (χ2v) is 5.35. The topological polar surface area (TPSA) is 40.5 Å². The van der Waals surface area contributed by atoms with Crippen LogP contribution in [0.25, 0.3) is 0 Å². The number of hydrogen-bond donors (Lipinski definition) is 2. The summed E-state index contributed by atoms with van der Waals surface area (Å²) in [5.41, 5.74) is 2.38. The van der Waals surface area contributed by atoms with E-state index in [1.807, 2.05) is 19.9 Å². The SMILES string of the molecule is Cc1cc(C)c(CC2(O)CC2)c(O)c1Br. The normalized spacial score (nSPS) is 17.9. The lowest BCUT2D eigenvalue weighted by atomic mass is 9.98. The molecule has 1 saturated carbocycles. The maximum atomic E-state index is 9.99. The van der Waals surface area contributed by atoms with Crippen LogP contribution >= 0.6 is 15.9 Å². The third-order valence-corrected chi connectivity index (χ3v) is 4.08. The summed E-state index contributed by atoms with van der Waals surface area (Å²) in [6.07, 6.45) is 2.25. The zero-order chi connectivity index (χ0) is 11.2. The minimum Gasteiger partial charge on any atom is -0.506 e. The first-order chi connectivity index (χ1) is 6.93. The van der Waals surface area contributed by atoms with Crippen molar-refractivity contribution in [2.75, 3.05) is 0 Å². The van der Waals surface area contributed by atoms with Gasteiger partial charge in [-0.2, -0.15) is 0 Å². The van der Waals surface area contributed by atoms with E-state index in [0.29, 0.717) is 6.42 Å². The van der Waals surface area contributed by atoms with Crippen LogP contribution in [0.3, 0.4) is 0 Å². The van der Waals surface area contributed by atoms with Crippen molar-refractivity contribution in [1.29, 1.82) is 0 Å². The van der Waals surface area contributed by atoms with Crippen molar-refractivity contribution in [1.82, 2.24) is 0 Å². The van der Waals surface area contributed by atoms with Crippen molar-refractivity contribution in [2.45, 2.75) is 38.7 Å². The van der Waals surface area contributed by atoms with Crippen LogP contribution in [0.1, 0.15) is 29.5 Å². The van der Waals surface area contributed by atoms with Gasteiger partial charge in [0.25, 0.3) is 0 Å². The van der Waals surface area contributed by atoms with E-state index in [0.717, 1.165) is 34.0 Å². The summed E-state index contributed by atoms with van der Waals surface area (Å²) in [7, 11) is 0. The first kappa shape index (κ1) is 11.0. The summed E-state index contributed by atoms with van der Waals surface area (Å²) in [4.78, 5) is 0. The van der Waals surface area contributed by atoms with Gasteiger partial charge in [0.2, 0.25) is 0 Å². The highest BCUT2D eigenvalue weighted by Crippen LogP contribution is 2.43. The molecular formula is C12H15BrO2. The molecule has 82 valence electrons. The maximum absolute atomic E-state index is 9.99. The number of halogens is 1. The van der Waals surface area contributed by atoms with Gasteiger partial charge in [0.15, 0.2) is 0 Å². The fourth-order valence-corrected chi connectivity index (χ4v) is 2.21. The molecule has 2 rings (SSSR count). The largest absolute Gasteiger partial charge is 0.506 e. The van der Waals surface area contributed by atoms with Crippen molar-refractivity contribution >= 4 is 15.9 Å². The molecular weight excluding hydrogens is 256 g/mol. The number of aryl methyl sites for hydroxylation is 2. The van der Waals surface area contributed by atoms with Gasteiger partial charge in [0.05, 0.1) is 10.1 Å². The van der Waals surface area contributed by atoms with E-state index in [1.165, 1.54) is 0 Å². The number of hydrogen-bond acceptors (Lipinski definition) is 2. The van der Waals surface area contributed by atoms with Gasteiger partial charge in [-0.15, -0.1) is 0 Å². The van der Waals surface area contributed by atoms with Gasteiger partial charge in [-0.25, -0.2) is 0 Å².